The summed E-state index contributed by atoms with van der Waals surface area (Å²) in [5.74, 6) is 1.53. The zero-order valence-electron chi connectivity index (χ0n) is 10.9. The molecule has 94 valence electrons. The first-order valence-electron chi connectivity index (χ1n) is 5.82. The highest BCUT2D eigenvalue weighted by Gasteiger charge is 2.05. The van der Waals surface area contributed by atoms with Crippen LogP contribution in [0.1, 0.15) is 18.9 Å². The summed E-state index contributed by atoms with van der Waals surface area (Å²) >= 11 is 0. The van der Waals surface area contributed by atoms with Gasteiger partial charge in [0.05, 0.1) is 7.11 Å². The van der Waals surface area contributed by atoms with Crippen LogP contribution in [0.15, 0.2) is 30.4 Å². The SMILES string of the molecule is C=C(CC)COc1cc(CNC)ccc1OC. The molecule has 0 spiro atoms. The van der Waals surface area contributed by atoms with E-state index in [9.17, 15) is 0 Å². The quantitative estimate of drug-likeness (QED) is 0.737. The molecule has 0 aliphatic rings. The van der Waals surface area contributed by atoms with E-state index in [0.29, 0.717) is 6.61 Å². The Balaban J connectivity index is 2.78. The lowest BCUT2D eigenvalue weighted by atomic mass is 10.2. The molecular formula is C14H21NO2. The third-order valence-electron chi connectivity index (χ3n) is 2.54. The monoisotopic (exact) mass is 235 g/mol. The number of ether oxygens (including phenoxy) is 2. The van der Waals surface area contributed by atoms with Gasteiger partial charge in [-0.15, -0.1) is 0 Å². The molecule has 1 aromatic rings. The predicted molar refractivity (Wildman–Crippen MR) is 70.7 cm³/mol. The van der Waals surface area contributed by atoms with E-state index >= 15 is 0 Å². The average molecular weight is 235 g/mol. The summed E-state index contributed by atoms with van der Waals surface area (Å²) < 4.78 is 11.0. The minimum Gasteiger partial charge on any atom is -0.493 e. The van der Waals surface area contributed by atoms with Crippen LogP contribution in [-0.2, 0) is 6.54 Å². The standard InChI is InChI=1S/C14H21NO2/c1-5-11(2)10-17-14-8-12(9-15-3)6-7-13(14)16-4/h6-8,15H,2,5,9-10H2,1,3-4H3. The smallest absolute Gasteiger partial charge is 0.161 e. The van der Waals surface area contributed by atoms with E-state index in [1.807, 2.05) is 25.2 Å². The van der Waals surface area contributed by atoms with E-state index < -0.39 is 0 Å². The van der Waals surface area contributed by atoms with Crippen molar-refractivity contribution >= 4 is 0 Å². The second kappa shape index (κ2) is 6.97. The number of rotatable bonds is 7. The van der Waals surface area contributed by atoms with Crippen molar-refractivity contribution in [3.05, 3.63) is 35.9 Å². The maximum atomic E-state index is 5.72. The van der Waals surface area contributed by atoms with E-state index in [4.69, 9.17) is 9.47 Å². The lowest BCUT2D eigenvalue weighted by Gasteiger charge is -2.12. The molecule has 3 heteroatoms. The van der Waals surface area contributed by atoms with Gasteiger partial charge in [-0.3, -0.25) is 0 Å². The first-order chi connectivity index (χ1) is 8.21. The van der Waals surface area contributed by atoms with Gasteiger partial charge >= 0.3 is 0 Å². The van der Waals surface area contributed by atoms with Gasteiger partial charge in [0.25, 0.3) is 0 Å². The lowest BCUT2D eigenvalue weighted by Crippen LogP contribution is -2.06. The number of hydrogen-bond donors (Lipinski definition) is 1. The zero-order chi connectivity index (χ0) is 12.7. The fourth-order valence-electron chi connectivity index (χ4n) is 1.43. The third kappa shape index (κ3) is 4.11. The molecule has 0 amide bonds. The van der Waals surface area contributed by atoms with Crippen LogP contribution in [0.5, 0.6) is 11.5 Å². The Hall–Kier alpha value is -1.48. The molecule has 0 fully saturated rings. The Kier molecular flexibility index (Phi) is 5.57. The molecular weight excluding hydrogens is 214 g/mol. The van der Waals surface area contributed by atoms with E-state index in [2.05, 4.69) is 18.8 Å². The van der Waals surface area contributed by atoms with Crippen molar-refractivity contribution in [1.82, 2.24) is 5.32 Å². The van der Waals surface area contributed by atoms with Crippen molar-refractivity contribution in [1.29, 1.82) is 0 Å². The summed E-state index contributed by atoms with van der Waals surface area (Å²) in [6.07, 6.45) is 0.929. The molecule has 1 rings (SSSR count). The van der Waals surface area contributed by atoms with Crippen molar-refractivity contribution in [2.24, 2.45) is 0 Å². The fourth-order valence-corrected chi connectivity index (χ4v) is 1.43. The van der Waals surface area contributed by atoms with Crippen LogP contribution < -0.4 is 14.8 Å². The molecule has 1 N–H and O–H groups in total. The fraction of sp³-hybridized carbons (Fsp3) is 0.429. The Bertz CT molecular complexity index is 374. The van der Waals surface area contributed by atoms with Gasteiger partial charge < -0.3 is 14.8 Å². The Morgan fingerprint density at radius 2 is 2.12 bits per heavy atom. The second-order valence-electron chi connectivity index (χ2n) is 3.91. The highest BCUT2D eigenvalue weighted by Crippen LogP contribution is 2.28. The molecule has 3 nitrogen and oxygen atoms in total. The summed E-state index contributed by atoms with van der Waals surface area (Å²) in [7, 11) is 3.57. The van der Waals surface area contributed by atoms with Gasteiger partial charge in [0.15, 0.2) is 11.5 Å². The number of hydrogen-bond acceptors (Lipinski definition) is 3. The predicted octanol–water partition coefficient (Wildman–Crippen LogP) is 2.76. The molecule has 0 radical (unpaired) electrons. The van der Waals surface area contributed by atoms with Crippen LogP contribution in [-0.4, -0.2) is 20.8 Å². The highest BCUT2D eigenvalue weighted by molar-refractivity contribution is 5.43. The zero-order valence-corrected chi connectivity index (χ0v) is 10.9. The van der Waals surface area contributed by atoms with Crippen LogP contribution >= 0.6 is 0 Å². The molecule has 0 unspecified atom stereocenters. The Labute approximate surface area is 103 Å². The van der Waals surface area contributed by atoms with Crippen LogP contribution in [0.3, 0.4) is 0 Å². The van der Waals surface area contributed by atoms with Crippen LogP contribution in [0.2, 0.25) is 0 Å². The minimum atomic E-state index is 0.538. The highest BCUT2D eigenvalue weighted by atomic mass is 16.5. The molecule has 0 atom stereocenters. The van der Waals surface area contributed by atoms with Gasteiger partial charge in [-0.25, -0.2) is 0 Å². The maximum absolute atomic E-state index is 5.72. The van der Waals surface area contributed by atoms with E-state index in [1.165, 1.54) is 5.56 Å². The number of benzene rings is 1. The third-order valence-corrected chi connectivity index (χ3v) is 2.54. The first-order valence-corrected chi connectivity index (χ1v) is 5.82. The van der Waals surface area contributed by atoms with Crippen molar-refractivity contribution in [2.75, 3.05) is 20.8 Å². The molecule has 17 heavy (non-hydrogen) atoms. The van der Waals surface area contributed by atoms with E-state index in [0.717, 1.165) is 30.0 Å². The van der Waals surface area contributed by atoms with Gasteiger partial charge in [-0.1, -0.05) is 19.6 Å². The maximum Gasteiger partial charge on any atom is 0.161 e. The number of methoxy groups -OCH3 is 1. The van der Waals surface area contributed by atoms with Crippen LogP contribution in [0.25, 0.3) is 0 Å². The van der Waals surface area contributed by atoms with Gasteiger partial charge in [-0.05, 0) is 36.7 Å². The summed E-state index contributed by atoms with van der Waals surface area (Å²) in [6, 6.07) is 5.95. The topological polar surface area (TPSA) is 30.5 Å². The van der Waals surface area contributed by atoms with Gasteiger partial charge in [0.1, 0.15) is 6.61 Å². The van der Waals surface area contributed by atoms with Gasteiger partial charge in [0.2, 0.25) is 0 Å². The summed E-state index contributed by atoms with van der Waals surface area (Å²) in [4.78, 5) is 0. The first kappa shape index (κ1) is 13.6. The van der Waals surface area contributed by atoms with Crippen molar-refractivity contribution in [3.63, 3.8) is 0 Å². The molecule has 0 saturated heterocycles. The van der Waals surface area contributed by atoms with Crippen molar-refractivity contribution in [3.8, 4) is 11.5 Å². The summed E-state index contributed by atoms with van der Waals surface area (Å²) in [6.45, 7) is 7.35. The van der Waals surface area contributed by atoms with Gasteiger partial charge in [-0.2, -0.15) is 0 Å². The molecule has 0 heterocycles. The summed E-state index contributed by atoms with van der Waals surface area (Å²) in [5, 5.41) is 3.11. The van der Waals surface area contributed by atoms with Crippen LogP contribution in [0.4, 0.5) is 0 Å². The molecule has 0 aliphatic carbocycles. The number of nitrogens with one attached hydrogen (secondary N) is 1. The minimum absolute atomic E-state index is 0.538. The normalized spacial score (nSPS) is 10.1. The molecule has 0 aliphatic heterocycles. The molecule has 0 saturated carbocycles. The van der Waals surface area contributed by atoms with Crippen molar-refractivity contribution < 1.29 is 9.47 Å². The van der Waals surface area contributed by atoms with Crippen LogP contribution in [0, 0.1) is 0 Å². The molecule has 0 bridgehead atoms. The molecule has 0 aromatic heterocycles. The van der Waals surface area contributed by atoms with Gasteiger partial charge in [0, 0.05) is 6.54 Å². The van der Waals surface area contributed by atoms with E-state index in [1.54, 1.807) is 7.11 Å². The lowest BCUT2D eigenvalue weighted by molar-refractivity contribution is 0.317. The van der Waals surface area contributed by atoms with E-state index in [-0.39, 0.29) is 0 Å². The average Bonchev–Trinajstić information content (AvgIpc) is 2.36. The van der Waals surface area contributed by atoms with Crippen molar-refractivity contribution in [2.45, 2.75) is 19.9 Å². The Morgan fingerprint density at radius 1 is 1.35 bits per heavy atom. The second-order valence-corrected chi connectivity index (χ2v) is 3.91. The molecule has 1 aromatic carbocycles. The largest absolute Gasteiger partial charge is 0.493 e. The Morgan fingerprint density at radius 3 is 2.71 bits per heavy atom. The summed E-state index contributed by atoms with van der Waals surface area (Å²) in [5.41, 5.74) is 2.25.